The molecule has 0 unspecified atom stereocenters. The van der Waals surface area contributed by atoms with Gasteiger partial charge in [-0.15, -0.1) is 4.40 Å². The average Bonchev–Trinajstić information content (AvgIpc) is 2.50. The molecular formula is C16H23N3O3S. The predicted molar refractivity (Wildman–Crippen MR) is 91.6 cm³/mol. The first-order valence-electron chi connectivity index (χ1n) is 7.92. The Morgan fingerprint density at radius 1 is 1.26 bits per heavy atom. The van der Waals surface area contributed by atoms with Crippen molar-refractivity contribution in [3.05, 3.63) is 23.8 Å². The van der Waals surface area contributed by atoms with E-state index in [1.165, 1.54) is 6.07 Å². The van der Waals surface area contributed by atoms with Crippen LogP contribution in [0.3, 0.4) is 0 Å². The van der Waals surface area contributed by atoms with Crippen molar-refractivity contribution in [1.29, 1.82) is 0 Å². The minimum atomic E-state index is -3.76. The molecule has 1 aromatic rings. The maximum absolute atomic E-state index is 12.3. The number of carbonyl (C=O) groups is 1. The molecule has 23 heavy (non-hydrogen) atoms. The maximum atomic E-state index is 12.3. The summed E-state index contributed by atoms with van der Waals surface area (Å²) in [4.78, 5) is 14.1. The van der Waals surface area contributed by atoms with Gasteiger partial charge in [-0.05, 0) is 38.0 Å². The molecular weight excluding hydrogens is 314 g/mol. The number of hydrogen-bond donors (Lipinski definition) is 1. The van der Waals surface area contributed by atoms with Crippen LogP contribution >= 0.6 is 0 Å². The number of rotatable bonds is 6. The molecule has 0 bridgehead atoms. The minimum absolute atomic E-state index is 0.0969. The molecule has 0 fully saturated rings. The molecule has 6 nitrogen and oxygen atoms in total. The largest absolute Gasteiger partial charge is 0.352 e. The van der Waals surface area contributed by atoms with E-state index in [-0.39, 0.29) is 10.8 Å². The van der Waals surface area contributed by atoms with Gasteiger partial charge in [-0.25, -0.2) is 0 Å². The normalized spacial score (nSPS) is 15.8. The Morgan fingerprint density at radius 2 is 2.00 bits per heavy atom. The van der Waals surface area contributed by atoms with E-state index in [4.69, 9.17) is 0 Å². The van der Waals surface area contributed by atoms with E-state index in [9.17, 15) is 13.2 Å². The Hall–Kier alpha value is -1.89. The zero-order valence-corrected chi connectivity index (χ0v) is 14.6. The van der Waals surface area contributed by atoms with Gasteiger partial charge in [-0.2, -0.15) is 8.42 Å². The van der Waals surface area contributed by atoms with Gasteiger partial charge in [0.2, 0.25) is 0 Å². The number of fused-ring (bicyclic) bond motifs is 1. The van der Waals surface area contributed by atoms with Crippen LogP contribution in [0.4, 0.5) is 5.69 Å². The van der Waals surface area contributed by atoms with Gasteiger partial charge in [0.1, 0.15) is 10.7 Å². The molecule has 0 spiro atoms. The first-order valence-corrected chi connectivity index (χ1v) is 9.36. The first kappa shape index (κ1) is 17.5. The standard InChI is InChI=1S/C16H23N3O3S/c1-4-6-9-17-16(20)13-7-8-14-15(11-13)23(21,22)18-12(3)19(14)10-5-2/h7-8,11H,4-6,9-10H2,1-3H3,(H,17,20). The molecule has 1 aliphatic heterocycles. The highest BCUT2D eigenvalue weighted by atomic mass is 32.2. The lowest BCUT2D eigenvalue weighted by Crippen LogP contribution is -2.34. The molecule has 2 rings (SSSR count). The van der Waals surface area contributed by atoms with Crippen LogP contribution in [0.25, 0.3) is 0 Å². The van der Waals surface area contributed by atoms with E-state index < -0.39 is 10.0 Å². The van der Waals surface area contributed by atoms with Crippen LogP contribution < -0.4 is 10.2 Å². The number of nitrogens with one attached hydrogen (secondary N) is 1. The quantitative estimate of drug-likeness (QED) is 0.809. The van der Waals surface area contributed by atoms with Gasteiger partial charge in [0, 0.05) is 18.7 Å². The lowest BCUT2D eigenvalue weighted by Gasteiger charge is -2.29. The van der Waals surface area contributed by atoms with Crippen LogP contribution in [0.15, 0.2) is 27.5 Å². The van der Waals surface area contributed by atoms with Crippen molar-refractivity contribution in [2.24, 2.45) is 4.40 Å². The molecule has 1 aliphatic rings. The van der Waals surface area contributed by atoms with Crippen molar-refractivity contribution in [2.75, 3.05) is 18.0 Å². The number of hydrogen-bond acceptors (Lipinski definition) is 4. The Bertz CT molecular complexity index is 726. The van der Waals surface area contributed by atoms with Crippen molar-refractivity contribution >= 4 is 27.5 Å². The Morgan fingerprint density at radius 3 is 2.65 bits per heavy atom. The van der Waals surface area contributed by atoms with Gasteiger partial charge in [0.15, 0.2) is 0 Å². The summed E-state index contributed by atoms with van der Waals surface area (Å²) in [6.45, 7) is 7.01. The van der Waals surface area contributed by atoms with E-state index in [1.807, 2.05) is 18.7 Å². The van der Waals surface area contributed by atoms with E-state index >= 15 is 0 Å². The van der Waals surface area contributed by atoms with Gasteiger partial charge in [0.05, 0.1) is 5.69 Å². The van der Waals surface area contributed by atoms with Crippen molar-refractivity contribution in [1.82, 2.24) is 5.32 Å². The van der Waals surface area contributed by atoms with Crippen LogP contribution in [0.2, 0.25) is 0 Å². The molecule has 0 aliphatic carbocycles. The lowest BCUT2D eigenvalue weighted by atomic mass is 10.1. The molecule has 1 heterocycles. The summed E-state index contributed by atoms with van der Waals surface area (Å²) in [6.07, 6.45) is 2.74. The van der Waals surface area contributed by atoms with Crippen LogP contribution in [0, 0.1) is 0 Å². The zero-order chi connectivity index (χ0) is 17.0. The van der Waals surface area contributed by atoms with E-state index in [0.717, 1.165) is 19.3 Å². The number of nitrogens with zero attached hydrogens (tertiary/aromatic N) is 2. The fourth-order valence-corrected chi connectivity index (χ4v) is 3.78. The van der Waals surface area contributed by atoms with Crippen molar-refractivity contribution in [3.8, 4) is 0 Å². The molecule has 1 amide bonds. The molecule has 7 heteroatoms. The molecule has 0 radical (unpaired) electrons. The van der Waals surface area contributed by atoms with Crippen LogP contribution in [-0.2, 0) is 10.0 Å². The van der Waals surface area contributed by atoms with Crippen molar-refractivity contribution in [2.45, 2.75) is 44.9 Å². The molecule has 0 saturated heterocycles. The lowest BCUT2D eigenvalue weighted by molar-refractivity contribution is 0.0953. The van der Waals surface area contributed by atoms with Gasteiger partial charge in [0.25, 0.3) is 15.9 Å². The third-order valence-corrected chi connectivity index (χ3v) is 5.08. The Kier molecular flexibility index (Phi) is 5.41. The van der Waals surface area contributed by atoms with E-state index in [1.54, 1.807) is 19.1 Å². The summed E-state index contributed by atoms with van der Waals surface area (Å²) < 4.78 is 28.5. The summed E-state index contributed by atoms with van der Waals surface area (Å²) in [5.41, 5.74) is 0.930. The van der Waals surface area contributed by atoms with Crippen LogP contribution in [0.5, 0.6) is 0 Å². The topological polar surface area (TPSA) is 78.8 Å². The number of anilines is 1. The summed E-state index contributed by atoms with van der Waals surface area (Å²) in [5, 5.41) is 2.80. The smallest absolute Gasteiger partial charge is 0.286 e. The summed E-state index contributed by atoms with van der Waals surface area (Å²) in [6, 6.07) is 4.77. The van der Waals surface area contributed by atoms with E-state index in [0.29, 0.717) is 30.2 Å². The maximum Gasteiger partial charge on any atom is 0.286 e. The SMILES string of the molecule is CCCCNC(=O)c1ccc2c(c1)S(=O)(=O)N=C(C)N2CCC. The second-order valence-corrected chi connectivity index (χ2v) is 7.13. The molecule has 0 aromatic heterocycles. The van der Waals surface area contributed by atoms with E-state index in [2.05, 4.69) is 9.71 Å². The molecule has 0 saturated carbocycles. The molecule has 126 valence electrons. The van der Waals surface area contributed by atoms with Crippen LogP contribution in [-0.4, -0.2) is 33.3 Å². The number of sulfonamides is 1. The average molecular weight is 337 g/mol. The second-order valence-electron chi connectivity index (χ2n) is 5.56. The second kappa shape index (κ2) is 7.12. The number of benzene rings is 1. The summed E-state index contributed by atoms with van der Waals surface area (Å²) in [7, 11) is -3.76. The number of amides is 1. The summed E-state index contributed by atoms with van der Waals surface area (Å²) >= 11 is 0. The zero-order valence-electron chi connectivity index (χ0n) is 13.8. The third-order valence-electron chi connectivity index (χ3n) is 3.70. The number of carbonyl (C=O) groups excluding carboxylic acids is 1. The molecule has 0 atom stereocenters. The fourth-order valence-electron chi connectivity index (χ4n) is 2.52. The Balaban J connectivity index is 2.37. The van der Waals surface area contributed by atoms with Crippen molar-refractivity contribution in [3.63, 3.8) is 0 Å². The highest BCUT2D eigenvalue weighted by molar-refractivity contribution is 7.90. The highest BCUT2D eigenvalue weighted by Crippen LogP contribution is 2.32. The predicted octanol–water partition coefficient (Wildman–Crippen LogP) is 2.55. The van der Waals surface area contributed by atoms with Gasteiger partial charge < -0.3 is 10.2 Å². The molecule has 1 aromatic carbocycles. The van der Waals surface area contributed by atoms with Gasteiger partial charge in [-0.3, -0.25) is 4.79 Å². The number of amidine groups is 1. The minimum Gasteiger partial charge on any atom is -0.352 e. The molecule has 1 N–H and O–H groups in total. The highest BCUT2D eigenvalue weighted by Gasteiger charge is 2.29. The first-order chi connectivity index (χ1) is 10.9. The summed E-state index contributed by atoms with van der Waals surface area (Å²) in [5.74, 6) is 0.198. The van der Waals surface area contributed by atoms with Crippen molar-refractivity contribution < 1.29 is 13.2 Å². The fraction of sp³-hybridized carbons (Fsp3) is 0.500. The van der Waals surface area contributed by atoms with Gasteiger partial charge >= 0.3 is 0 Å². The third kappa shape index (κ3) is 3.72. The monoisotopic (exact) mass is 337 g/mol. The Labute approximate surface area is 137 Å². The number of unbranched alkanes of at least 4 members (excludes halogenated alkanes) is 1. The van der Waals surface area contributed by atoms with Crippen LogP contribution in [0.1, 0.15) is 50.4 Å². The van der Waals surface area contributed by atoms with Gasteiger partial charge in [-0.1, -0.05) is 20.3 Å².